The molecule has 8 heteroatoms. The summed E-state index contributed by atoms with van der Waals surface area (Å²) in [4.78, 5) is 9.51. The second-order valence-corrected chi connectivity index (χ2v) is 6.79. The number of nitrogens with zero attached hydrogens (tertiary/aromatic N) is 3. The smallest absolute Gasteiger partial charge is 0.255 e. The predicted octanol–water partition coefficient (Wildman–Crippen LogP) is 3.48. The van der Waals surface area contributed by atoms with Crippen LogP contribution in [0.4, 0.5) is 14.5 Å². The molecule has 0 N–H and O–H groups in total. The van der Waals surface area contributed by atoms with Crippen molar-refractivity contribution in [3.63, 3.8) is 0 Å². The standard InChI is InChI=1S/C17H16ClF2N3O2/c1-24-15-12(19)14(13(20)16(22-15)25-2)23-7-9-6-21-11(18)5-10(9)17(8-23)3-4-17/h5-6H,3-4,7-8H2,1-2H3. The van der Waals surface area contributed by atoms with Crippen molar-refractivity contribution in [2.75, 3.05) is 25.7 Å². The van der Waals surface area contributed by atoms with Crippen LogP contribution in [0, 0.1) is 11.6 Å². The lowest BCUT2D eigenvalue weighted by Crippen LogP contribution is -2.39. The Kier molecular flexibility index (Phi) is 3.72. The van der Waals surface area contributed by atoms with Crippen LogP contribution >= 0.6 is 11.6 Å². The molecular weight excluding hydrogens is 352 g/mol. The first-order valence-corrected chi connectivity index (χ1v) is 8.23. The number of hydrogen-bond acceptors (Lipinski definition) is 5. The molecule has 25 heavy (non-hydrogen) atoms. The van der Waals surface area contributed by atoms with Crippen LogP contribution in [0.3, 0.4) is 0 Å². The molecule has 0 atom stereocenters. The van der Waals surface area contributed by atoms with Crippen molar-refractivity contribution in [1.29, 1.82) is 0 Å². The summed E-state index contributed by atoms with van der Waals surface area (Å²) >= 11 is 6.03. The molecule has 1 aliphatic carbocycles. The fraction of sp³-hybridized carbons (Fsp3) is 0.412. The van der Waals surface area contributed by atoms with E-state index in [1.165, 1.54) is 14.2 Å². The topological polar surface area (TPSA) is 47.5 Å². The van der Waals surface area contributed by atoms with Crippen molar-refractivity contribution < 1.29 is 18.3 Å². The van der Waals surface area contributed by atoms with Gasteiger partial charge in [-0.05, 0) is 30.0 Å². The minimum Gasteiger partial charge on any atom is -0.479 e. The number of hydrogen-bond donors (Lipinski definition) is 0. The molecule has 1 saturated carbocycles. The largest absolute Gasteiger partial charge is 0.479 e. The van der Waals surface area contributed by atoms with Gasteiger partial charge in [0.25, 0.3) is 11.8 Å². The fourth-order valence-corrected chi connectivity index (χ4v) is 3.72. The maximum atomic E-state index is 14.8. The van der Waals surface area contributed by atoms with E-state index in [1.54, 1.807) is 11.1 Å². The second kappa shape index (κ2) is 5.69. The number of methoxy groups -OCH3 is 2. The first-order valence-electron chi connectivity index (χ1n) is 7.86. The van der Waals surface area contributed by atoms with Gasteiger partial charge in [-0.25, -0.2) is 4.98 Å². The van der Waals surface area contributed by atoms with Gasteiger partial charge in [0, 0.05) is 24.7 Å². The minimum absolute atomic E-state index is 0.136. The molecule has 132 valence electrons. The Bertz CT molecular complexity index is 830. The summed E-state index contributed by atoms with van der Waals surface area (Å²) in [5, 5.41) is 0.433. The van der Waals surface area contributed by atoms with Crippen LogP contribution in [-0.2, 0) is 12.0 Å². The van der Waals surface area contributed by atoms with Gasteiger partial charge in [0.1, 0.15) is 10.8 Å². The number of aromatic nitrogens is 2. The summed E-state index contributed by atoms with van der Waals surface area (Å²) < 4.78 is 39.4. The third-order valence-electron chi connectivity index (χ3n) is 4.93. The molecule has 0 aromatic carbocycles. The zero-order chi connectivity index (χ0) is 17.8. The second-order valence-electron chi connectivity index (χ2n) is 6.41. The highest BCUT2D eigenvalue weighted by molar-refractivity contribution is 6.29. The molecular formula is C17H16ClF2N3O2. The summed E-state index contributed by atoms with van der Waals surface area (Å²) in [5.41, 5.74) is 1.72. The van der Waals surface area contributed by atoms with Crippen molar-refractivity contribution in [3.05, 3.63) is 40.2 Å². The van der Waals surface area contributed by atoms with Crippen LogP contribution in [0.25, 0.3) is 0 Å². The van der Waals surface area contributed by atoms with Gasteiger partial charge in [-0.1, -0.05) is 11.6 Å². The molecule has 1 fully saturated rings. The van der Waals surface area contributed by atoms with Gasteiger partial charge in [0.05, 0.1) is 14.2 Å². The molecule has 0 radical (unpaired) electrons. The van der Waals surface area contributed by atoms with E-state index in [2.05, 4.69) is 9.97 Å². The molecule has 2 aromatic heterocycles. The molecule has 3 heterocycles. The molecule has 4 rings (SSSR count). The van der Waals surface area contributed by atoms with Gasteiger partial charge in [0.15, 0.2) is 0 Å². The molecule has 0 unspecified atom stereocenters. The highest BCUT2D eigenvalue weighted by Gasteiger charge is 2.50. The van der Waals surface area contributed by atoms with E-state index in [9.17, 15) is 8.78 Å². The number of halogens is 3. The lowest BCUT2D eigenvalue weighted by atomic mass is 9.88. The fourth-order valence-electron chi connectivity index (χ4n) is 3.56. The molecule has 5 nitrogen and oxygen atoms in total. The normalized spacial score (nSPS) is 17.4. The average Bonchev–Trinajstić information content (AvgIpc) is 3.36. The molecule has 0 saturated heterocycles. The Morgan fingerprint density at radius 2 is 1.80 bits per heavy atom. The van der Waals surface area contributed by atoms with Gasteiger partial charge < -0.3 is 14.4 Å². The summed E-state index contributed by atoms with van der Waals surface area (Å²) in [6.07, 6.45) is 3.56. The van der Waals surface area contributed by atoms with Crippen molar-refractivity contribution in [2.45, 2.75) is 24.8 Å². The van der Waals surface area contributed by atoms with Crippen LogP contribution in [0.1, 0.15) is 24.0 Å². The van der Waals surface area contributed by atoms with Crippen LogP contribution in [0.15, 0.2) is 12.3 Å². The molecule has 2 aliphatic rings. The molecule has 0 bridgehead atoms. The number of rotatable bonds is 3. The average molecular weight is 368 g/mol. The highest BCUT2D eigenvalue weighted by Crippen LogP contribution is 2.54. The number of fused-ring (bicyclic) bond motifs is 2. The summed E-state index contributed by atoms with van der Waals surface area (Å²) in [7, 11) is 2.57. The first kappa shape index (κ1) is 16.3. The predicted molar refractivity (Wildman–Crippen MR) is 88.5 cm³/mol. The van der Waals surface area contributed by atoms with Crippen molar-refractivity contribution in [2.24, 2.45) is 0 Å². The first-order chi connectivity index (χ1) is 12.0. The Labute approximate surface area is 148 Å². The number of anilines is 1. The van der Waals surface area contributed by atoms with Gasteiger partial charge in [-0.15, -0.1) is 0 Å². The number of ether oxygens (including phenoxy) is 2. The monoisotopic (exact) mass is 367 g/mol. The molecule has 1 spiro atoms. The Morgan fingerprint density at radius 3 is 2.36 bits per heavy atom. The number of pyridine rings is 2. The van der Waals surface area contributed by atoms with E-state index in [0.717, 1.165) is 24.0 Å². The lowest BCUT2D eigenvalue weighted by molar-refractivity contribution is 0.328. The third kappa shape index (κ3) is 2.49. The molecule has 1 aliphatic heterocycles. The van der Waals surface area contributed by atoms with Gasteiger partial charge in [-0.2, -0.15) is 13.8 Å². The van der Waals surface area contributed by atoms with Crippen LogP contribution < -0.4 is 14.4 Å². The van der Waals surface area contributed by atoms with E-state index >= 15 is 0 Å². The Hall–Kier alpha value is -2.15. The zero-order valence-electron chi connectivity index (χ0n) is 13.8. The third-order valence-corrected chi connectivity index (χ3v) is 5.14. The van der Waals surface area contributed by atoms with Crippen molar-refractivity contribution in [1.82, 2.24) is 9.97 Å². The zero-order valence-corrected chi connectivity index (χ0v) is 14.5. The summed E-state index contributed by atoms with van der Waals surface area (Å²) in [6, 6.07) is 1.86. The molecule has 2 aromatic rings. The lowest BCUT2D eigenvalue weighted by Gasteiger charge is -2.36. The van der Waals surface area contributed by atoms with Crippen LogP contribution in [0.2, 0.25) is 5.15 Å². The van der Waals surface area contributed by atoms with E-state index in [0.29, 0.717) is 18.2 Å². The minimum atomic E-state index is -0.832. The van der Waals surface area contributed by atoms with E-state index in [4.69, 9.17) is 21.1 Å². The highest BCUT2D eigenvalue weighted by atomic mass is 35.5. The maximum absolute atomic E-state index is 14.8. The van der Waals surface area contributed by atoms with Crippen LogP contribution in [0.5, 0.6) is 11.8 Å². The SMILES string of the molecule is COc1nc(OC)c(F)c(N2Cc3cnc(Cl)cc3C3(CC3)C2)c1F. The van der Waals surface area contributed by atoms with E-state index < -0.39 is 11.6 Å². The summed E-state index contributed by atoms with van der Waals surface area (Å²) in [6.45, 7) is 0.815. The Morgan fingerprint density at radius 1 is 1.16 bits per heavy atom. The van der Waals surface area contributed by atoms with Gasteiger partial charge >= 0.3 is 0 Å². The van der Waals surface area contributed by atoms with E-state index in [1.807, 2.05) is 6.07 Å². The van der Waals surface area contributed by atoms with Crippen molar-refractivity contribution >= 4 is 17.3 Å². The van der Waals surface area contributed by atoms with Crippen molar-refractivity contribution in [3.8, 4) is 11.8 Å². The Balaban J connectivity index is 1.83. The quantitative estimate of drug-likeness (QED) is 0.777. The van der Waals surface area contributed by atoms with Crippen LogP contribution in [-0.4, -0.2) is 30.7 Å². The maximum Gasteiger partial charge on any atom is 0.255 e. The molecule has 0 amide bonds. The summed E-state index contributed by atoms with van der Waals surface area (Å²) in [5.74, 6) is -2.25. The van der Waals surface area contributed by atoms with E-state index in [-0.39, 0.29) is 22.9 Å². The van der Waals surface area contributed by atoms with Gasteiger partial charge in [-0.3, -0.25) is 0 Å². The van der Waals surface area contributed by atoms with Gasteiger partial charge in [0.2, 0.25) is 11.6 Å².